The molecule has 0 bridgehead atoms. The van der Waals surface area contributed by atoms with Crippen LogP contribution in [0.25, 0.3) is 0 Å². The third-order valence-corrected chi connectivity index (χ3v) is 3.19. The van der Waals surface area contributed by atoms with Gasteiger partial charge in [0.15, 0.2) is 5.69 Å². The van der Waals surface area contributed by atoms with Crippen LogP contribution in [0.4, 0.5) is 0 Å². The van der Waals surface area contributed by atoms with Crippen LogP contribution in [0.2, 0.25) is 0 Å². The molecule has 0 saturated heterocycles. The Balaban J connectivity index is 2.33. The maximum absolute atomic E-state index is 9.11. The molecule has 0 aliphatic rings. The van der Waals surface area contributed by atoms with Crippen molar-refractivity contribution in [3.63, 3.8) is 0 Å². The molecule has 22 heavy (non-hydrogen) atoms. The van der Waals surface area contributed by atoms with Gasteiger partial charge >= 0.3 is 0 Å². The number of hydrogen-bond donors (Lipinski definition) is 0. The second-order valence-electron chi connectivity index (χ2n) is 4.86. The van der Waals surface area contributed by atoms with Gasteiger partial charge in [-0.2, -0.15) is 15.2 Å². The van der Waals surface area contributed by atoms with Crippen molar-refractivity contribution in [2.24, 2.45) is 11.1 Å². The number of oxime groups is 1. The highest BCUT2D eigenvalue weighted by atomic mass is 16.6. The first kappa shape index (κ1) is 15.7. The smallest absolute Gasteiger partial charge is 0.218 e. The Bertz CT molecular complexity index is 679. The minimum atomic E-state index is 0.218. The molecule has 0 aliphatic heterocycles. The van der Waals surface area contributed by atoms with E-state index < -0.39 is 0 Å². The van der Waals surface area contributed by atoms with Gasteiger partial charge in [-0.1, -0.05) is 25.4 Å². The topological polar surface area (TPSA) is 93.9 Å². The van der Waals surface area contributed by atoms with Gasteiger partial charge in [-0.25, -0.2) is 4.98 Å². The molecule has 0 amide bonds. The first-order valence-electron chi connectivity index (χ1n) is 7.23. The zero-order valence-corrected chi connectivity index (χ0v) is 13.0. The summed E-state index contributed by atoms with van der Waals surface area (Å²) in [7, 11) is 0. The average molecular weight is 301 g/mol. The number of hydrogen-bond acceptors (Lipinski definition) is 6. The minimum absolute atomic E-state index is 0.218. The van der Waals surface area contributed by atoms with Crippen molar-refractivity contribution in [1.29, 1.82) is 5.26 Å². The molecule has 0 radical (unpaired) electrons. The molecule has 1 atom stereocenters. The van der Waals surface area contributed by atoms with E-state index in [4.69, 9.17) is 10.1 Å². The largest absolute Gasteiger partial charge is 0.394 e. The lowest BCUT2D eigenvalue weighted by atomic mass is 10.1. The predicted octanol–water partition coefficient (Wildman–Crippen LogP) is 1.64. The molecule has 1 unspecified atom stereocenters. The van der Waals surface area contributed by atoms with Gasteiger partial charge in [-0.3, -0.25) is 4.57 Å². The van der Waals surface area contributed by atoms with E-state index in [0.717, 1.165) is 13.0 Å². The van der Waals surface area contributed by atoms with Crippen molar-refractivity contribution in [1.82, 2.24) is 24.5 Å². The van der Waals surface area contributed by atoms with E-state index in [9.17, 15) is 0 Å². The summed E-state index contributed by atoms with van der Waals surface area (Å²) in [5.74, 6) is 1.09. The van der Waals surface area contributed by atoms with E-state index in [1.54, 1.807) is 17.2 Å². The molecule has 8 nitrogen and oxygen atoms in total. The van der Waals surface area contributed by atoms with E-state index in [1.165, 1.54) is 10.8 Å². The van der Waals surface area contributed by atoms with Crippen LogP contribution in [0.1, 0.15) is 38.7 Å². The molecule has 0 aromatic carbocycles. The van der Waals surface area contributed by atoms with E-state index >= 15 is 0 Å². The molecule has 2 aromatic heterocycles. The lowest BCUT2D eigenvalue weighted by Gasteiger charge is -2.07. The fraction of sp³-hybridized carbons (Fsp3) is 0.500. The van der Waals surface area contributed by atoms with Gasteiger partial charge in [0.2, 0.25) is 11.7 Å². The van der Waals surface area contributed by atoms with Crippen molar-refractivity contribution in [3.05, 3.63) is 30.1 Å². The van der Waals surface area contributed by atoms with Gasteiger partial charge in [-0.05, 0) is 12.8 Å². The van der Waals surface area contributed by atoms with E-state index in [1.807, 2.05) is 13.0 Å². The third-order valence-electron chi connectivity index (χ3n) is 3.19. The summed E-state index contributed by atoms with van der Waals surface area (Å²) in [5, 5.41) is 21.8. The molecule has 0 N–H and O–H groups in total. The zero-order chi connectivity index (χ0) is 15.9. The van der Waals surface area contributed by atoms with Crippen LogP contribution in [-0.2, 0) is 11.4 Å². The Hall–Kier alpha value is -2.69. The molecule has 8 heteroatoms. The molecule has 0 spiro atoms. The van der Waals surface area contributed by atoms with Crippen LogP contribution >= 0.6 is 0 Å². The lowest BCUT2D eigenvalue weighted by Crippen LogP contribution is -2.17. The standard InChI is InChI=1S/C14H19N7O/c1-4-11(3)10-21-17-9-12(18-21)14(19-22-5-2)20-7-6-16-13(20)8-15/h6-7,9,11H,4-5,10H2,1-3H3. The number of nitriles is 1. The molecular formula is C14H19N7O. The molecule has 116 valence electrons. The monoisotopic (exact) mass is 301 g/mol. The highest BCUT2D eigenvalue weighted by Crippen LogP contribution is 2.07. The third kappa shape index (κ3) is 3.49. The summed E-state index contributed by atoms with van der Waals surface area (Å²) in [6.07, 6.45) is 5.84. The Morgan fingerprint density at radius 1 is 1.50 bits per heavy atom. The summed E-state index contributed by atoms with van der Waals surface area (Å²) in [5.41, 5.74) is 0.534. The van der Waals surface area contributed by atoms with Crippen LogP contribution < -0.4 is 0 Å². The highest BCUT2D eigenvalue weighted by molar-refractivity contribution is 5.98. The minimum Gasteiger partial charge on any atom is -0.394 e. The van der Waals surface area contributed by atoms with Gasteiger partial charge in [0.05, 0.1) is 12.7 Å². The molecular weight excluding hydrogens is 282 g/mol. The van der Waals surface area contributed by atoms with Crippen LogP contribution in [0.15, 0.2) is 23.7 Å². The van der Waals surface area contributed by atoms with Crippen LogP contribution in [0.5, 0.6) is 0 Å². The lowest BCUT2D eigenvalue weighted by molar-refractivity contribution is 0.158. The van der Waals surface area contributed by atoms with Crippen molar-refractivity contribution >= 4 is 5.84 Å². The molecule has 0 aliphatic carbocycles. The molecule has 2 aromatic rings. The van der Waals surface area contributed by atoms with E-state index in [0.29, 0.717) is 24.1 Å². The van der Waals surface area contributed by atoms with Crippen molar-refractivity contribution < 1.29 is 4.84 Å². The summed E-state index contributed by atoms with van der Waals surface area (Å²) < 4.78 is 1.53. The van der Waals surface area contributed by atoms with Crippen molar-refractivity contribution in [2.45, 2.75) is 33.7 Å². The number of imidazole rings is 1. The second-order valence-corrected chi connectivity index (χ2v) is 4.86. The van der Waals surface area contributed by atoms with Crippen molar-refractivity contribution in [3.8, 4) is 6.07 Å². The van der Waals surface area contributed by atoms with Crippen LogP contribution in [0.3, 0.4) is 0 Å². The molecule has 2 rings (SSSR count). The van der Waals surface area contributed by atoms with Crippen LogP contribution in [0, 0.1) is 17.2 Å². The first-order chi connectivity index (χ1) is 10.7. The fourth-order valence-corrected chi connectivity index (χ4v) is 1.79. The van der Waals surface area contributed by atoms with E-state index in [-0.39, 0.29) is 5.82 Å². The van der Waals surface area contributed by atoms with Gasteiger partial charge in [0, 0.05) is 12.4 Å². The molecule has 2 heterocycles. The second kappa shape index (κ2) is 7.36. The molecule has 0 fully saturated rings. The Morgan fingerprint density at radius 3 is 3.00 bits per heavy atom. The van der Waals surface area contributed by atoms with Gasteiger partial charge in [-0.15, -0.1) is 5.10 Å². The average Bonchev–Trinajstić information content (AvgIpc) is 3.17. The normalized spacial score (nSPS) is 12.9. The van der Waals surface area contributed by atoms with Gasteiger partial charge in [0.1, 0.15) is 12.7 Å². The number of aromatic nitrogens is 5. The van der Waals surface area contributed by atoms with Crippen molar-refractivity contribution in [2.75, 3.05) is 6.61 Å². The SMILES string of the molecule is CCON=C(c1cnn(CC(C)CC)n1)n1ccnc1C#N. The number of nitrogens with zero attached hydrogens (tertiary/aromatic N) is 7. The van der Waals surface area contributed by atoms with Crippen LogP contribution in [-0.4, -0.2) is 37.0 Å². The van der Waals surface area contributed by atoms with Gasteiger partial charge in [0.25, 0.3) is 0 Å². The Morgan fingerprint density at radius 2 is 2.32 bits per heavy atom. The highest BCUT2D eigenvalue weighted by Gasteiger charge is 2.16. The summed E-state index contributed by atoms with van der Waals surface area (Å²) in [4.78, 5) is 10.7. The summed E-state index contributed by atoms with van der Waals surface area (Å²) in [6.45, 7) is 7.25. The Labute approximate surface area is 129 Å². The maximum Gasteiger partial charge on any atom is 0.218 e. The van der Waals surface area contributed by atoms with Gasteiger partial charge < -0.3 is 4.84 Å². The summed E-state index contributed by atoms with van der Waals surface area (Å²) in [6, 6.07) is 2.01. The first-order valence-corrected chi connectivity index (χ1v) is 7.23. The molecule has 0 saturated carbocycles. The van der Waals surface area contributed by atoms with E-state index in [2.05, 4.69) is 34.2 Å². The Kier molecular flexibility index (Phi) is 5.25. The predicted molar refractivity (Wildman–Crippen MR) is 80.0 cm³/mol. The summed E-state index contributed by atoms with van der Waals surface area (Å²) >= 11 is 0. The fourth-order valence-electron chi connectivity index (χ4n) is 1.79. The quantitative estimate of drug-likeness (QED) is 0.459. The maximum atomic E-state index is 9.11. The number of rotatable bonds is 6. The zero-order valence-electron chi connectivity index (χ0n) is 13.0.